The van der Waals surface area contributed by atoms with Gasteiger partial charge in [-0.2, -0.15) is 0 Å². The zero-order valence-electron chi connectivity index (χ0n) is 33.9. The zero-order valence-corrected chi connectivity index (χ0v) is 33.9. The first-order valence-electron chi connectivity index (χ1n) is 19.9. The number of aliphatic hydroxyl groups is 4. The van der Waals surface area contributed by atoms with Gasteiger partial charge in [0, 0.05) is 94.0 Å². The Morgan fingerprint density at radius 1 is 0.414 bits per heavy atom. The van der Waals surface area contributed by atoms with Crippen LogP contribution in [0.1, 0.15) is 34.1 Å². The molecule has 2 aliphatic carbocycles. The molecular weight excluding hydrogens is 741 g/mol. The van der Waals surface area contributed by atoms with Crippen molar-refractivity contribution in [2.45, 2.75) is 49.1 Å². The van der Waals surface area contributed by atoms with Crippen LogP contribution in [0.4, 0.5) is 0 Å². The van der Waals surface area contributed by atoms with E-state index in [4.69, 9.17) is 28.4 Å². The Morgan fingerprint density at radius 3 is 0.948 bits per heavy atom. The Balaban J connectivity index is 1.40. The Labute approximate surface area is 339 Å². The van der Waals surface area contributed by atoms with Gasteiger partial charge in [-0.3, -0.25) is 9.80 Å². The quantitative estimate of drug-likeness (QED) is 0.130. The van der Waals surface area contributed by atoms with Crippen LogP contribution < -0.4 is 28.4 Å². The summed E-state index contributed by atoms with van der Waals surface area (Å²) in [7, 11) is 9.58. The monoisotopic (exact) mass is 794 g/mol. The summed E-state index contributed by atoms with van der Waals surface area (Å²) in [6, 6.07) is 26.0. The van der Waals surface area contributed by atoms with Crippen LogP contribution in [0.25, 0.3) is 0 Å². The van der Waals surface area contributed by atoms with Gasteiger partial charge in [0.2, 0.25) is 0 Å². The van der Waals surface area contributed by atoms with Crippen molar-refractivity contribution in [2.24, 2.45) is 21.7 Å². The minimum Gasteiger partial charge on any atom is -0.496 e. The van der Waals surface area contributed by atoms with Crippen molar-refractivity contribution >= 4 is 0 Å². The molecule has 0 atom stereocenters. The van der Waals surface area contributed by atoms with Gasteiger partial charge in [-0.15, -0.1) is 0 Å². The van der Waals surface area contributed by atoms with Gasteiger partial charge in [-0.25, -0.2) is 0 Å². The highest BCUT2D eigenvalue weighted by molar-refractivity contribution is 5.64. The molecule has 308 valence electrons. The SMILES string of the molecule is COc1cc(OC)c(C2C3(CO)C4N(Cc5ccccc5)C5C2(CO)C2N(Cc6ccccc6)C3C4(CO)C(c3cc(OC)c(OC)cc3OC)C52CO)cc1OC. The Bertz CT molecular complexity index is 1950. The van der Waals surface area contributed by atoms with Gasteiger partial charge in [0.1, 0.15) is 11.5 Å². The average Bonchev–Trinajstić information content (AvgIpc) is 3.25. The fraction of sp³-hybridized carbons (Fsp3) is 0.478. The number of hydrogen-bond acceptors (Lipinski definition) is 12. The number of rotatable bonds is 16. The van der Waals surface area contributed by atoms with Crippen molar-refractivity contribution in [2.75, 3.05) is 69.1 Å². The second-order valence-corrected chi connectivity index (χ2v) is 16.8. The number of ether oxygens (including phenoxy) is 6. The number of piperidine rings is 4. The fourth-order valence-corrected chi connectivity index (χ4v) is 14.2. The maximum absolute atomic E-state index is 12.4. The summed E-state index contributed by atoms with van der Waals surface area (Å²) in [5.41, 5.74) is -0.217. The van der Waals surface area contributed by atoms with Gasteiger partial charge < -0.3 is 48.8 Å². The van der Waals surface area contributed by atoms with Crippen LogP contribution in [0.5, 0.6) is 34.5 Å². The number of aliphatic hydroxyl groups excluding tert-OH is 4. The molecule has 4 aromatic carbocycles. The Hall–Kier alpha value is -4.56. The normalized spacial score (nSPS) is 33.9. The summed E-state index contributed by atoms with van der Waals surface area (Å²) in [4.78, 5) is 4.85. The maximum atomic E-state index is 12.4. The highest BCUT2D eigenvalue weighted by atomic mass is 16.5. The smallest absolute Gasteiger partial charge is 0.164 e. The van der Waals surface area contributed by atoms with E-state index in [1.807, 2.05) is 60.7 Å². The van der Waals surface area contributed by atoms with E-state index in [1.54, 1.807) is 42.7 Å². The molecule has 4 N–H and O–H groups in total. The van der Waals surface area contributed by atoms with Crippen LogP contribution in [-0.2, 0) is 13.1 Å². The zero-order chi connectivity index (χ0) is 40.8. The molecule has 0 amide bonds. The maximum Gasteiger partial charge on any atom is 0.164 e. The molecular formula is C46H54N2O10. The highest BCUT2D eigenvalue weighted by Gasteiger charge is 2.99. The van der Waals surface area contributed by atoms with Crippen LogP contribution in [0, 0.1) is 21.7 Å². The summed E-state index contributed by atoms with van der Waals surface area (Å²) < 4.78 is 35.6. The van der Waals surface area contributed by atoms with Crippen molar-refractivity contribution in [3.8, 4) is 34.5 Å². The molecule has 0 unspecified atom stereocenters. The Kier molecular flexibility index (Phi) is 9.42. The summed E-state index contributed by atoms with van der Waals surface area (Å²) in [6.07, 6.45) is 0. The third-order valence-corrected chi connectivity index (χ3v) is 15.2. The lowest BCUT2D eigenvalue weighted by Gasteiger charge is -2.98. The van der Waals surface area contributed by atoms with E-state index in [0.717, 1.165) is 22.3 Å². The molecule has 10 rings (SSSR count). The van der Waals surface area contributed by atoms with E-state index < -0.39 is 57.7 Å². The van der Waals surface area contributed by atoms with Gasteiger partial charge in [0.25, 0.3) is 0 Å². The van der Waals surface area contributed by atoms with Crippen molar-refractivity contribution in [1.82, 2.24) is 9.80 Å². The predicted octanol–water partition coefficient (Wildman–Crippen LogP) is 4.07. The molecule has 0 aromatic heterocycles. The van der Waals surface area contributed by atoms with Crippen molar-refractivity contribution in [3.05, 3.63) is 107 Å². The predicted molar refractivity (Wildman–Crippen MR) is 215 cm³/mol. The van der Waals surface area contributed by atoms with Gasteiger partial charge in [0.15, 0.2) is 23.0 Å². The molecule has 4 aromatic rings. The molecule has 0 radical (unpaired) electrons. The molecule has 12 nitrogen and oxygen atoms in total. The lowest BCUT2D eigenvalue weighted by atomic mass is 9.16. The van der Waals surface area contributed by atoms with Crippen molar-refractivity contribution < 1.29 is 48.8 Å². The molecule has 4 aliphatic heterocycles. The van der Waals surface area contributed by atoms with Crippen LogP contribution in [-0.4, -0.2) is 123 Å². The van der Waals surface area contributed by atoms with E-state index >= 15 is 0 Å². The van der Waals surface area contributed by atoms with Crippen molar-refractivity contribution in [3.63, 3.8) is 0 Å². The molecule has 4 heterocycles. The van der Waals surface area contributed by atoms with Gasteiger partial charge in [-0.05, 0) is 23.3 Å². The van der Waals surface area contributed by atoms with E-state index in [0.29, 0.717) is 47.6 Å². The first-order valence-corrected chi connectivity index (χ1v) is 19.9. The number of methoxy groups -OCH3 is 6. The fourth-order valence-electron chi connectivity index (χ4n) is 14.2. The minimum atomic E-state index is -0.973. The molecule has 6 aliphatic rings. The molecule has 58 heavy (non-hydrogen) atoms. The number of benzene rings is 4. The molecule has 2 saturated carbocycles. The molecule has 0 spiro atoms. The van der Waals surface area contributed by atoms with E-state index in [1.165, 1.54) is 0 Å². The van der Waals surface area contributed by atoms with Crippen LogP contribution in [0.2, 0.25) is 0 Å². The van der Waals surface area contributed by atoms with Gasteiger partial charge in [0.05, 0.1) is 69.1 Å². The summed E-state index contributed by atoms with van der Waals surface area (Å²) in [6.45, 7) is -0.0739. The summed E-state index contributed by atoms with van der Waals surface area (Å²) >= 11 is 0. The van der Waals surface area contributed by atoms with Gasteiger partial charge >= 0.3 is 0 Å². The highest BCUT2D eigenvalue weighted by Crippen LogP contribution is 2.92. The summed E-state index contributed by atoms with van der Waals surface area (Å²) in [5, 5.41) is 49.8. The molecule has 6 fully saturated rings. The molecule has 12 heteroatoms. The van der Waals surface area contributed by atoms with Crippen molar-refractivity contribution in [1.29, 1.82) is 0 Å². The van der Waals surface area contributed by atoms with E-state index in [2.05, 4.69) is 34.1 Å². The summed E-state index contributed by atoms with van der Waals surface area (Å²) in [5.74, 6) is 2.09. The molecule has 4 saturated heterocycles. The largest absolute Gasteiger partial charge is 0.496 e. The standard InChI is InChI=1S/C46H54N2O10/c1-53-31-19-35(57-5)33(55-3)17-29(31)37-43(23-49)39-45(25-51)38(30-18-34(56-4)36(58-6)20-32(30)54-2)46(26-52)40(47(39)21-27-13-9-7-10-14-27)44(37,24-50)42(46)48(41(43)45)22-28-15-11-8-12-16-28/h7-20,37-42,49-52H,21-26H2,1-6H3. The second kappa shape index (κ2) is 14.0. The van der Waals surface area contributed by atoms with E-state index in [-0.39, 0.29) is 26.4 Å². The van der Waals surface area contributed by atoms with Crippen LogP contribution in [0.15, 0.2) is 84.9 Å². The average molecular weight is 795 g/mol. The molecule has 8 bridgehead atoms. The first-order chi connectivity index (χ1) is 28.3. The lowest BCUT2D eigenvalue weighted by Crippen LogP contribution is -3.07. The topological polar surface area (TPSA) is 143 Å². The minimum absolute atomic E-state index is 0.258. The second-order valence-electron chi connectivity index (χ2n) is 16.8. The first kappa shape index (κ1) is 38.9. The van der Waals surface area contributed by atoms with Gasteiger partial charge in [-0.1, -0.05) is 60.7 Å². The number of hydrogen-bond donors (Lipinski definition) is 4. The Morgan fingerprint density at radius 2 is 0.690 bits per heavy atom. The lowest BCUT2D eigenvalue weighted by molar-refractivity contribution is -0.493. The number of nitrogens with zero attached hydrogens (tertiary/aromatic N) is 2. The van der Waals surface area contributed by atoms with Crippen LogP contribution in [0.3, 0.4) is 0 Å². The third kappa shape index (κ3) is 4.45. The van der Waals surface area contributed by atoms with Crippen LogP contribution >= 0.6 is 0 Å². The van der Waals surface area contributed by atoms with E-state index in [9.17, 15) is 20.4 Å². The third-order valence-electron chi connectivity index (χ3n) is 15.2.